The second kappa shape index (κ2) is 6.89. The maximum Gasteiger partial charge on any atom is 0.264 e. The van der Waals surface area contributed by atoms with Crippen LogP contribution >= 0.6 is 0 Å². The van der Waals surface area contributed by atoms with Gasteiger partial charge in [-0.3, -0.25) is 4.90 Å². The number of ether oxygens (including phenoxy) is 1. The summed E-state index contributed by atoms with van der Waals surface area (Å²) in [5.74, 6) is 1.07. The van der Waals surface area contributed by atoms with Gasteiger partial charge in [0.15, 0.2) is 0 Å². The summed E-state index contributed by atoms with van der Waals surface area (Å²) < 4.78 is 10.7. The first-order valence-electron chi connectivity index (χ1n) is 7.71. The summed E-state index contributed by atoms with van der Waals surface area (Å²) in [6.45, 7) is 7.89. The van der Waals surface area contributed by atoms with Crippen molar-refractivity contribution < 1.29 is 9.26 Å². The number of nitrogens with one attached hydrogen (secondary N) is 1. The Labute approximate surface area is 130 Å². The molecule has 2 atom stereocenters. The third kappa shape index (κ3) is 3.45. The van der Waals surface area contributed by atoms with Gasteiger partial charge in [0.2, 0.25) is 0 Å². The molecule has 0 radical (unpaired) electrons. The van der Waals surface area contributed by atoms with Gasteiger partial charge < -0.3 is 14.6 Å². The molecule has 6 nitrogen and oxygen atoms in total. The van der Waals surface area contributed by atoms with E-state index in [4.69, 9.17) is 9.26 Å². The fourth-order valence-electron chi connectivity index (χ4n) is 2.61. The highest BCUT2D eigenvalue weighted by Gasteiger charge is 2.23. The molecule has 1 aliphatic heterocycles. The number of anilines is 1. The molecule has 118 valence electrons. The Bertz CT molecular complexity index is 581. The van der Waals surface area contributed by atoms with E-state index in [1.807, 2.05) is 30.3 Å². The van der Waals surface area contributed by atoms with Crippen molar-refractivity contribution >= 4 is 5.95 Å². The van der Waals surface area contributed by atoms with Gasteiger partial charge in [-0.05, 0) is 31.1 Å². The van der Waals surface area contributed by atoms with Crippen LogP contribution in [0.4, 0.5) is 5.95 Å². The molecule has 0 spiro atoms. The van der Waals surface area contributed by atoms with Gasteiger partial charge in [-0.1, -0.05) is 18.2 Å². The standard InChI is InChI=1S/C16H22N4O2/c1-12(13(2)20-8-10-21-11-9-20)17-16-18-15(22-19-16)14-6-4-3-5-7-14/h3-7,12-13H,8-11H2,1-2H3,(H,17,19). The summed E-state index contributed by atoms with van der Waals surface area (Å²) in [5.41, 5.74) is 0.928. The number of aromatic nitrogens is 2. The van der Waals surface area contributed by atoms with E-state index in [1.165, 1.54) is 0 Å². The highest BCUT2D eigenvalue weighted by Crippen LogP contribution is 2.19. The van der Waals surface area contributed by atoms with Crippen molar-refractivity contribution in [3.05, 3.63) is 30.3 Å². The van der Waals surface area contributed by atoms with E-state index < -0.39 is 0 Å². The van der Waals surface area contributed by atoms with Gasteiger partial charge >= 0.3 is 0 Å². The van der Waals surface area contributed by atoms with Crippen LogP contribution in [-0.2, 0) is 4.74 Å². The van der Waals surface area contributed by atoms with Gasteiger partial charge in [0, 0.05) is 30.7 Å². The highest BCUT2D eigenvalue weighted by atomic mass is 16.5. The van der Waals surface area contributed by atoms with Crippen LogP contribution in [0.15, 0.2) is 34.9 Å². The molecule has 0 amide bonds. The van der Waals surface area contributed by atoms with Crippen molar-refractivity contribution in [1.82, 2.24) is 15.0 Å². The number of rotatable bonds is 5. The van der Waals surface area contributed by atoms with Crippen molar-refractivity contribution in [1.29, 1.82) is 0 Å². The number of benzene rings is 1. The minimum Gasteiger partial charge on any atom is -0.379 e. The zero-order chi connectivity index (χ0) is 15.4. The first-order chi connectivity index (χ1) is 10.7. The maximum atomic E-state index is 5.40. The third-order valence-electron chi connectivity index (χ3n) is 4.15. The van der Waals surface area contributed by atoms with Crippen LogP contribution in [0, 0.1) is 0 Å². The Morgan fingerprint density at radius 1 is 1.14 bits per heavy atom. The van der Waals surface area contributed by atoms with Crippen molar-refractivity contribution in [2.45, 2.75) is 25.9 Å². The minimum atomic E-state index is 0.222. The average Bonchev–Trinajstić information content (AvgIpc) is 3.04. The Morgan fingerprint density at radius 2 is 1.86 bits per heavy atom. The van der Waals surface area contributed by atoms with E-state index in [0.717, 1.165) is 31.9 Å². The van der Waals surface area contributed by atoms with E-state index in [0.29, 0.717) is 17.9 Å². The van der Waals surface area contributed by atoms with E-state index >= 15 is 0 Å². The molecule has 1 aliphatic rings. The normalized spacial score (nSPS) is 18.8. The second-order valence-electron chi connectivity index (χ2n) is 5.61. The first kappa shape index (κ1) is 15.0. The molecule has 1 aromatic heterocycles. The first-order valence-corrected chi connectivity index (χ1v) is 7.71. The predicted molar refractivity (Wildman–Crippen MR) is 84.7 cm³/mol. The Balaban J connectivity index is 1.62. The zero-order valence-electron chi connectivity index (χ0n) is 13.0. The van der Waals surface area contributed by atoms with Crippen molar-refractivity contribution in [3.8, 4) is 11.5 Å². The Morgan fingerprint density at radius 3 is 2.59 bits per heavy atom. The summed E-state index contributed by atoms with van der Waals surface area (Å²) in [7, 11) is 0. The average molecular weight is 302 g/mol. The van der Waals surface area contributed by atoms with Crippen molar-refractivity contribution in [2.75, 3.05) is 31.6 Å². The minimum absolute atomic E-state index is 0.222. The third-order valence-corrected chi connectivity index (χ3v) is 4.15. The molecule has 3 rings (SSSR count). The number of hydrogen-bond donors (Lipinski definition) is 1. The molecule has 0 saturated carbocycles. The van der Waals surface area contributed by atoms with E-state index in [9.17, 15) is 0 Å². The smallest absolute Gasteiger partial charge is 0.264 e. The molecule has 2 heterocycles. The molecule has 1 saturated heterocycles. The summed E-state index contributed by atoms with van der Waals surface area (Å²) >= 11 is 0. The molecule has 0 bridgehead atoms. The quantitative estimate of drug-likeness (QED) is 0.914. The van der Waals surface area contributed by atoms with Crippen LogP contribution in [-0.4, -0.2) is 53.4 Å². The van der Waals surface area contributed by atoms with Gasteiger partial charge in [0.25, 0.3) is 11.8 Å². The molecule has 1 N–H and O–H groups in total. The predicted octanol–water partition coefficient (Wildman–Crippen LogP) is 2.26. The van der Waals surface area contributed by atoms with Crippen LogP contribution in [0.1, 0.15) is 13.8 Å². The molecule has 0 aliphatic carbocycles. The number of nitrogens with zero attached hydrogens (tertiary/aromatic N) is 3. The SMILES string of the molecule is CC(Nc1noc(-c2ccccc2)n1)C(C)N1CCOCC1. The Hall–Kier alpha value is -1.92. The number of morpholine rings is 1. The lowest BCUT2D eigenvalue weighted by Crippen LogP contribution is -2.48. The van der Waals surface area contributed by atoms with E-state index in [-0.39, 0.29) is 6.04 Å². The topological polar surface area (TPSA) is 63.4 Å². The van der Waals surface area contributed by atoms with E-state index in [1.54, 1.807) is 0 Å². The molecule has 1 fully saturated rings. The fraction of sp³-hybridized carbons (Fsp3) is 0.500. The summed E-state index contributed by atoms with van der Waals surface area (Å²) in [4.78, 5) is 6.83. The fourth-order valence-corrected chi connectivity index (χ4v) is 2.61. The van der Waals surface area contributed by atoms with Gasteiger partial charge in [-0.25, -0.2) is 0 Å². The maximum absolute atomic E-state index is 5.40. The number of hydrogen-bond acceptors (Lipinski definition) is 6. The molecule has 2 aromatic rings. The lowest BCUT2D eigenvalue weighted by Gasteiger charge is -2.35. The second-order valence-corrected chi connectivity index (χ2v) is 5.61. The lowest BCUT2D eigenvalue weighted by molar-refractivity contribution is 0.0175. The lowest BCUT2D eigenvalue weighted by atomic mass is 10.1. The molecule has 2 unspecified atom stereocenters. The monoisotopic (exact) mass is 302 g/mol. The molecule has 22 heavy (non-hydrogen) atoms. The van der Waals surface area contributed by atoms with Crippen molar-refractivity contribution in [3.63, 3.8) is 0 Å². The van der Waals surface area contributed by atoms with E-state index in [2.05, 4.69) is 34.2 Å². The zero-order valence-corrected chi connectivity index (χ0v) is 13.0. The van der Waals surface area contributed by atoms with Crippen LogP contribution in [0.5, 0.6) is 0 Å². The van der Waals surface area contributed by atoms with Gasteiger partial charge in [0.1, 0.15) is 0 Å². The molecule has 1 aromatic carbocycles. The summed E-state index contributed by atoms with van der Waals surface area (Å²) in [6.07, 6.45) is 0. The molecular formula is C16H22N4O2. The highest BCUT2D eigenvalue weighted by molar-refractivity contribution is 5.53. The van der Waals surface area contributed by atoms with Crippen LogP contribution < -0.4 is 5.32 Å². The van der Waals surface area contributed by atoms with Gasteiger partial charge in [0.05, 0.1) is 13.2 Å². The van der Waals surface area contributed by atoms with Crippen LogP contribution in [0.3, 0.4) is 0 Å². The molecular weight excluding hydrogens is 280 g/mol. The molecule has 6 heteroatoms. The largest absolute Gasteiger partial charge is 0.379 e. The summed E-state index contributed by atoms with van der Waals surface area (Å²) in [6, 6.07) is 10.4. The van der Waals surface area contributed by atoms with Crippen molar-refractivity contribution in [2.24, 2.45) is 0 Å². The summed E-state index contributed by atoms with van der Waals surface area (Å²) in [5, 5.41) is 7.35. The van der Waals surface area contributed by atoms with Gasteiger partial charge in [-0.2, -0.15) is 4.98 Å². The van der Waals surface area contributed by atoms with Crippen LogP contribution in [0.2, 0.25) is 0 Å². The van der Waals surface area contributed by atoms with Crippen LogP contribution in [0.25, 0.3) is 11.5 Å². The Kier molecular flexibility index (Phi) is 4.70. The van der Waals surface area contributed by atoms with Gasteiger partial charge in [-0.15, -0.1) is 0 Å².